The molecule has 0 N–H and O–H groups in total. The van der Waals surface area contributed by atoms with E-state index < -0.39 is 28.6 Å². The minimum Gasteiger partial charge on any atom is -0.469 e. The van der Waals surface area contributed by atoms with Gasteiger partial charge in [0.15, 0.2) is 4.80 Å². The van der Waals surface area contributed by atoms with Crippen molar-refractivity contribution in [3.8, 4) is 5.75 Å². The van der Waals surface area contributed by atoms with Gasteiger partial charge in [-0.05, 0) is 24.6 Å². The molecule has 32 heavy (non-hydrogen) atoms. The Morgan fingerprint density at radius 3 is 2.84 bits per heavy atom. The van der Waals surface area contributed by atoms with Gasteiger partial charge in [0.25, 0.3) is 11.2 Å². The maximum Gasteiger partial charge on any atom is 0.317 e. The molecule has 0 saturated heterocycles. The molecule has 3 aromatic rings. The van der Waals surface area contributed by atoms with Gasteiger partial charge in [-0.25, -0.2) is 4.99 Å². The van der Waals surface area contributed by atoms with E-state index in [-0.39, 0.29) is 11.2 Å². The lowest BCUT2D eigenvalue weighted by Gasteiger charge is -2.44. The third-order valence-electron chi connectivity index (χ3n) is 5.71. The van der Waals surface area contributed by atoms with Crippen LogP contribution in [0.4, 0.5) is 5.69 Å². The number of carbonyl (C=O) groups is 1. The third kappa shape index (κ3) is 2.94. The van der Waals surface area contributed by atoms with Crippen molar-refractivity contribution in [3.05, 3.63) is 89.5 Å². The van der Waals surface area contributed by atoms with Crippen molar-refractivity contribution in [1.29, 1.82) is 0 Å². The number of thiazole rings is 1. The quantitative estimate of drug-likeness (QED) is 0.341. The number of esters is 1. The SMILES string of the molecule is COC(=O)[C@@H]1[C@H]2c3ccccc3O[C@@]1(C)N=c1s/c(=C\c3cccc([N+](=O)[O-])c3)c(=O)n12. The molecule has 2 aliphatic heterocycles. The molecule has 3 heterocycles. The summed E-state index contributed by atoms with van der Waals surface area (Å²) >= 11 is 1.15. The number of nitrogens with zero attached hydrogens (tertiary/aromatic N) is 3. The van der Waals surface area contributed by atoms with Gasteiger partial charge in [-0.3, -0.25) is 24.3 Å². The summed E-state index contributed by atoms with van der Waals surface area (Å²) in [6.45, 7) is 1.70. The van der Waals surface area contributed by atoms with E-state index in [2.05, 4.69) is 4.99 Å². The molecule has 3 atom stereocenters. The number of ether oxygens (including phenoxy) is 2. The van der Waals surface area contributed by atoms with Crippen LogP contribution in [0.15, 0.2) is 58.3 Å². The van der Waals surface area contributed by atoms with Gasteiger partial charge in [-0.2, -0.15) is 0 Å². The average Bonchev–Trinajstić information content (AvgIpc) is 3.06. The molecule has 162 valence electrons. The highest BCUT2D eigenvalue weighted by atomic mass is 32.1. The molecule has 2 aromatic carbocycles. The molecule has 0 aliphatic carbocycles. The van der Waals surface area contributed by atoms with Crippen LogP contribution in [-0.4, -0.2) is 28.3 Å². The molecule has 9 nitrogen and oxygen atoms in total. The third-order valence-corrected chi connectivity index (χ3v) is 6.70. The monoisotopic (exact) mass is 451 g/mol. The van der Waals surface area contributed by atoms with Crippen molar-refractivity contribution in [2.24, 2.45) is 10.9 Å². The van der Waals surface area contributed by atoms with Gasteiger partial charge in [0.1, 0.15) is 11.7 Å². The summed E-state index contributed by atoms with van der Waals surface area (Å²) in [7, 11) is 1.29. The van der Waals surface area contributed by atoms with Crippen molar-refractivity contribution in [2.75, 3.05) is 7.11 Å². The van der Waals surface area contributed by atoms with Crippen molar-refractivity contribution in [2.45, 2.75) is 18.7 Å². The minimum absolute atomic E-state index is 0.0682. The Kier molecular flexibility index (Phi) is 4.48. The number of nitro groups is 1. The normalized spacial score (nSPS) is 23.4. The Balaban J connectivity index is 1.77. The van der Waals surface area contributed by atoms with E-state index in [1.807, 2.05) is 18.2 Å². The predicted octanol–water partition coefficient (Wildman–Crippen LogP) is 1.77. The van der Waals surface area contributed by atoms with Crippen LogP contribution in [0.1, 0.15) is 24.1 Å². The van der Waals surface area contributed by atoms with E-state index in [0.717, 1.165) is 11.3 Å². The van der Waals surface area contributed by atoms with E-state index in [0.29, 0.717) is 26.2 Å². The Morgan fingerprint density at radius 1 is 1.31 bits per heavy atom. The van der Waals surface area contributed by atoms with Crippen molar-refractivity contribution in [1.82, 2.24) is 4.57 Å². The molecule has 2 aliphatic rings. The van der Waals surface area contributed by atoms with E-state index >= 15 is 0 Å². The molecule has 10 heteroatoms. The fourth-order valence-electron chi connectivity index (χ4n) is 4.31. The standard InChI is InChI=1S/C22H17N3O6S/c1-22-17(20(27)30-2)18(14-8-3-4-9-15(14)31-22)24-19(26)16(32-21(24)23-22)11-12-6-5-7-13(10-12)25(28)29/h3-11,17-18H,1-2H3/b16-11-/t17-,18+,22+/m0/s1. The van der Waals surface area contributed by atoms with Crippen molar-refractivity contribution in [3.63, 3.8) is 0 Å². The van der Waals surface area contributed by atoms with Crippen LogP contribution < -0.4 is 19.6 Å². The molecule has 1 aromatic heterocycles. The van der Waals surface area contributed by atoms with Crippen molar-refractivity contribution >= 4 is 29.1 Å². The first-order chi connectivity index (χ1) is 15.3. The first-order valence-electron chi connectivity index (χ1n) is 9.75. The topological polar surface area (TPSA) is 113 Å². The summed E-state index contributed by atoms with van der Waals surface area (Å²) in [6.07, 6.45) is 1.59. The van der Waals surface area contributed by atoms with Crippen LogP contribution in [0.2, 0.25) is 0 Å². The van der Waals surface area contributed by atoms with E-state index in [9.17, 15) is 19.7 Å². The van der Waals surface area contributed by atoms with Crippen LogP contribution in [0, 0.1) is 16.0 Å². The number of aromatic nitrogens is 1. The highest BCUT2D eigenvalue weighted by Gasteiger charge is 2.55. The highest BCUT2D eigenvalue weighted by Crippen LogP contribution is 2.47. The maximum absolute atomic E-state index is 13.5. The molecule has 2 bridgehead atoms. The molecule has 0 fully saturated rings. The summed E-state index contributed by atoms with van der Waals surface area (Å²) in [5.74, 6) is -0.826. The van der Waals surface area contributed by atoms with Gasteiger partial charge in [-0.15, -0.1) is 0 Å². The smallest absolute Gasteiger partial charge is 0.317 e. The summed E-state index contributed by atoms with van der Waals surface area (Å²) < 4.78 is 13.0. The van der Waals surface area contributed by atoms with Gasteiger partial charge in [-0.1, -0.05) is 41.7 Å². The number of para-hydroxylation sites is 1. The van der Waals surface area contributed by atoms with Crippen LogP contribution in [-0.2, 0) is 9.53 Å². The van der Waals surface area contributed by atoms with Gasteiger partial charge in [0, 0.05) is 17.7 Å². The number of fused-ring (bicyclic) bond motifs is 6. The summed E-state index contributed by atoms with van der Waals surface area (Å²) in [5.41, 5.74) is -0.435. The lowest BCUT2D eigenvalue weighted by atomic mass is 9.81. The van der Waals surface area contributed by atoms with Crippen molar-refractivity contribution < 1.29 is 19.2 Å². The highest BCUT2D eigenvalue weighted by molar-refractivity contribution is 7.07. The van der Waals surface area contributed by atoms with Crippen LogP contribution in [0.3, 0.4) is 0 Å². The number of carbonyl (C=O) groups excluding carboxylic acids is 1. The van der Waals surface area contributed by atoms with Gasteiger partial charge < -0.3 is 9.47 Å². The van der Waals surface area contributed by atoms with E-state index in [1.165, 1.54) is 23.8 Å². The maximum atomic E-state index is 13.5. The first-order valence-corrected chi connectivity index (χ1v) is 10.6. The molecule has 0 unspecified atom stereocenters. The van der Waals surface area contributed by atoms with Gasteiger partial charge in [0.2, 0.25) is 5.72 Å². The fraction of sp³-hybridized carbons (Fsp3) is 0.227. The Morgan fingerprint density at radius 2 is 2.09 bits per heavy atom. The fourth-order valence-corrected chi connectivity index (χ4v) is 5.41. The molecule has 0 amide bonds. The zero-order valence-electron chi connectivity index (χ0n) is 17.1. The number of hydrogen-bond acceptors (Lipinski definition) is 8. The number of nitro benzene ring substituents is 1. The first kappa shape index (κ1) is 20.1. The summed E-state index contributed by atoms with van der Waals surface area (Å²) in [6, 6.07) is 12.6. The van der Waals surface area contributed by atoms with Gasteiger partial charge >= 0.3 is 5.97 Å². The predicted molar refractivity (Wildman–Crippen MR) is 115 cm³/mol. The zero-order chi connectivity index (χ0) is 22.6. The zero-order valence-corrected chi connectivity index (χ0v) is 17.9. The number of hydrogen-bond donors (Lipinski definition) is 0. The molecular formula is C22H17N3O6S. The second kappa shape index (κ2) is 7.13. The number of methoxy groups -OCH3 is 1. The summed E-state index contributed by atoms with van der Waals surface area (Å²) in [4.78, 5) is 41.9. The van der Waals surface area contributed by atoms with E-state index in [4.69, 9.17) is 9.47 Å². The number of non-ortho nitro benzene ring substituents is 1. The lowest BCUT2D eigenvalue weighted by molar-refractivity contribution is -0.384. The molecule has 0 saturated carbocycles. The second-order valence-corrected chi connectivity index (χ2v) is 8.68. The molecule has 5 rings (SSSR count). The minimum atomic E-state index is -1.24. The second-order valence-electron chi connectivity index (χ2n) is 7.67. The largest absolute Gasteiger partial charge is 0.469 e. The van der Waals surface area contributed by atoms with Crippen LogP contribution in [0.25, 0.3) is 6.08 Å². The average molecular weight is 451 g/mol. The van der Waals surface area contributed by atoms with E-state index in [1.54, 1.807) is 31.2 Å². The molecule has 0 spiro atoms. The number of benzene rings is 2. The van der Waals surface area contributed by atoms with Gasteiger partial charge in [0.05, 0.1) is 22.6 Å². The van der Waals surface area contributed by atoms with Crippen LogP contribution >= 0.6 is 11.3 Å². The molecule has 0 radical (unpaired) electrons. The molecular weight excluding hydrogens is 434 g/mol. The Hall–Kier alpha value is -3.79. The Labute approximate surface area is 185 Å². The Bertz CT molecular complexity index is 1460. The number of rotatable bonds is 3. The lowest BCUT2D eigenvalue weighted by Crippen LogP contribution is -2.58. The summed E-state index contributed by atoms with van der Waals surface area (Å²) in [5, 5.41) is 11.1. The van der Waals surface area contributed by atoms with Crippen LogP contribution in [0.5, 0.6) is 5.75 Å².